The summed E-state index contributed by atoms with van der Waals surface area (Å²) >= 11 is 0. The Morgan fingerprint density at radius 1 is 1.18 bits per heavy atom. The molecule has 0 heterocycles. The fourth-order valence-electron chi connectivity index (χ4n) is 1.42. The summed E-state index contributed by atoms with van der Waals surface area (Å²) in [7, 11) is 0. The van der Waals surface area contributed by atoms with Gasteiger partial charge in [-0.15, -0.1) is 12.4 Å². The Morgan fingerprint density at radius 2 is 1.71 bits per heavy atom. The minimum absolute atomic E-state index is 0. The molecule has 17 heavy (non-hydrogen) atoms. The Hall–Kier alpha value is -0.570. The molecule has 0 aliphatic heterocycles. The normalized spacial score (nSPS) is 11.4. The van der Waals surface area contributed by atoms with Gasteiger partial charge in [-0.1, -0.05) is 38.1 Å². The number of nitrogens with one attached hydrogen (secondary N) is 1. The Kier molecular flexibility index (Phi) is 6.76. The number of rotatable bonds is 5. The van der Waals surface area contributed by atoms with E-state index >= 15 is 0 Å². The summed E-state index contributed by atoms with van der Waals surface area (Å²) in [6.45, 7) is 9.33. The van der Waals surface area contributed by atoms with Crippen molar-refractivity contribution >= 4 is 12.4 Å². The van der Waals surface area contributed by atoms with Gasteiger partial charge < -0.3 is 10.4 Å². The fraction of sp³-hybridized carbons (Fsp3) is 0.571. The van der Waals surface area contributed by atoms with E-state index in [-0.39, 0.29) is 24.6 Å². The smallest absolute Gasteiger partial charge is 0.0607 e. The van der Waals surface area contributed by atoms with Crippen molar-refractivity contribution < 1.29 is 5.11 Å². The van der Waals surface area contributed by atoms with E-state index in [0.717, 1.165) is 6.54 Å². The van der Waals surface area contributed by atoms with Crippen LogP contribution in [0.15, 0.2) is 24.3 Å². The second-order valence-electron chi connectivity index (χ2n) is 5.29. The minimum Gasteiger partial charge on any atom is -0.394 e. The van der Waals surface area contributed by atoms with Crippen molar-refractivity contribution in [2.45, 2.75) is 45.7 Å². The molecule has 3 heteroatoms. The molecule has 0 saturated carbocycles. The molecule has 0 aliphatic rings. The number of hydrogen-bond donors (Lipinski definition) is 2. The lowest BCUT2D eigenvalue weighted by Crippen LogP contribution is -2.42. The van der Waals surface area contributed by atoms with Crippen LogP contribution in [0.3, 0.4) is 0 Å². The minimum atomic E-state index is -0.212. The van der Waals surface area contributed by atoms with Gasteiger partial charge in [-0.25, -0.2) is 0 Å². The number of benzene rings is 1. The lowest BCUT2D eigenvalue weighted by Gasteiger charge is -2.23. The molecule has 0 fully saturated rings. The molecule has 0 spiro atoms. The molecule has 0 atom stereocenters. The monoisotopic (exact) mass is 257 g/mol. The first-order valence-corrected chi connectivity index (χ1v) is 5.89. The van der Waals surface area contributed by atoms with Crippen LogP contribution in [0.4, 0.5) is 0 Å². The first-order valence-electron chi connectivity index (χ1n) is 5.89. The fourth-order valence-corrected chi connectivity index (χ4v) is 1.42. The van der Waals surface area contributed by atoms with Gasteiger partial charge >= 0.3 is 0 Å². The SMILES string of the molecule is CC(C)c1ccc(CNC(C)(C)CO)cc1.Cl. The third-order valence-electron chi connectivity index (χ3n) is 2.81. The summed E-state index contributed by atoms with van der Waals surface area (Å²) in [5.41, 5.74) is 2.41. The standard InChI is InChI=1S/C14H23NO.ClH/c1-11(2)13-7-5-12(6-8-13)9-15-14(3,4)10-16;/h5-8,11,15-16H,9-10H2,1-4H3;1H. The van der Waals surface area contributed by atoms with E-state index in [1.165, 1.54) is 11.1 Å². The molecule has 2 N–H and O–H groups in total. The largest absolute Gasteiger partial charge is 0.394 e. The van der Waals surface area contributed by atoms with Crippen LogP contribution < -0.4 is 5.32 Å². The van der Waals surface area contributed by atoms with Crippen LogP contribution in [-0.2, 0) is 6.54 Å². The van der Waals surface area contributed by atoms with Crippen molar-refractivity contribution in [1.29, 1.82) is 0 Å². The lowest BCUT2D eigenvalue weighted by molar-refractivity contribution is 0.187. The molecule has 0 bridgehead atoms. The molecule has 0 unspecified atom stereocenters. The average molecular weight is 258 g/mol. The topological polar surface area (TPSA) is 32.3 Å². The van der Waals surface area contributed by atoms with E-state index in [1.54, 1.807) is 0 Å². The lowest BCUT2D eigenvalue weighted by atomic mass is 10.0. The molecule has 0 amide bonds. The zero-order valence-electron chi connectivity index (χ0n) is 11.2. The van der Waals surface area contributed by atoms with Gasteiger partial charge in [-0.3, -0.25) is 0 Å². The van der Waals surface area contributed by atoms with Crippen LogP contribution in [0.2, 0.25) is 0 Å². The first kappa shape index (κ1) is 16.4. The summed E-state index contributed by atoms with van der Waals surface area (Å²) in [5, 5.41) is 12.5. The molecule has 1 aromatic rings. The van der Waals surface area contributed by atoms with Gasteiger partial charge in [0.25, 0.3) is 0 Å². The van der Waals surface area contributed by atoms with Crippen molar-refractivity contribution in [1.82, 2.24) is 5.32 Å². The van der Waals surface area contributed by atoms with Gasteiger partial charge in [-0.2, -0.15) is 0 Å². The molecule has 2 nitrogen and oxygen atoms in total. The van der Waals surface area contributed by atoms with Gasteiger partial charge in [0.15, 0.2) is 0 Å². The molecule has 0 saturated heterocycles. The maximum Gasteiger partial charge on any atom is 0.0607 e. The van der Waals surface area contributed by atoms with Gasteiger partial charge in [-0.05, 0) is 30.9 Å². The predicted molar refractivity (Wildman–Crippen MR) is 75.8 cm³/mol. The number of aliphatic hydroxyl groups is 1. The highest BCUT2D eigenvalue weighted by Gasteiger charge is 2.14. The van der Waals surface area contributed by atoms with E-state index in [4.69, 9.17) is 5.11 Å². The maximum atomic E-state index is 9.13. The Balaban J connectivity index is 0.00000256. The molecular formula is C14H24ClNO. The third-order valence-corrected chi connectivity index (χ3v) is 2.81. The number of aliphatic hydroxyl groups excluding tert-OH is 1. The van der Waals surface area contributed by atoms with Gasteiger partial charge in [0, 0.05) is 12.1 Å². The van der Waals surface area contributed by atoms with E-state index in [1.807, 2.05) is 13.8 Å². The zero-order valence-corrected chi connectivity index (χ0v) is 12.0. The molecule has 0 aliphatic carbocycles. The highest BCUT2D eigenvalue weighted by atomic mass is 35.5. The summed E-state index contributed by atoms with van der Waals surface area (Å²) in [6.07, 6.45) is 0. The van der Waals surface area contributed by atoms with Crippen molar-refractivity contribution in [3.63, 3.8) is 0 Å². The van der Waals surface area contributed by atoms with Gasteiger partial charge in [0.2, 0.25) is 0 Å². The Labute approximate surface area is 111 Å². The van der Waals surface area contributed by atoms with Crippen LogP contribution in [0.5, 0.6) is 0 Å². The van der Waals surface area contributed by atoms with Crippen molar-refractivity contribution in [3.05, 3.63) is 35.4 Å². The Bertz CT molecular complexity index is 319. The summed E-state index contributed by atoms with van der Waals surface area (Å²) in [6, 6.07) is 8.65. The molecule has 98 valence electrons. The van der Waals surface area contributed by atoms with Gasteiger partial charge in [0.05, 0.1) is 6.61 Å². The van der Waals surface area contributed by atoms with E-state index in [0.29, 0.717) is 5.92 Å². The zero-order chi connectivity index (χ0) is 12.2. The number of halogens is 1. The van der Waals surface area contributed by atoms with Crippen LogP contribution in [-0.4, -0.2) is 17.3 Å². The van der Waals surface area contributed by atoms with Crippen LogP contribution in [0, 0.1) is 0 Å². The van der Waals surface area contributed by atoms with E-state index < -0.39 is 0 Å². The predicted octanol–water partition coefficient (Wildman–Crippen LogP) is 3.09. The van der Waals surface area contributed by atoms with Crippen LogP contribution in [0.25, 0.3) is 0 Å². The van der Waals surface area contributed by atoms with E-state index in [9.17, 15) is 0 Å². The molecule has 1 aromatic carbocycles. The second-order valence-corrected chi connectivity index (χ2v) is 5.29. The summed E-state index contributed by atoms with van der Waals surface area (Å²) in [5.74, 6) is 0.580. The second kappa shape index (κ2) is 7.00. The average Bonchev–Trinajstić information content (AvgIpc) is 2.27. The molecule has 1 rings (SSSR count). The summed E-state index contributed by atoms with van der Waals surface area (Å²) < 4.78 is 0. The highest BCUT2D eigenvalue weighted by molar-refractivity contribution is 5.85. The van der Waals surface area contributed by atoms with Crippen LogP contribution in [0.1, 0.15) is 44.7 Å². The van der Waals surface area contributed by atoms with Crippen LogP contribution >= 0.6 is 12.4 Å². The first-order chi connectivity index (χ1) is 7.44. The quantitative estimate of drug-likeness (QED) is 0.850. The highest BCUT2D eigenvalue weighted by Crippen LogP contribution is 2.15. The Morgan fingerprint density at radius 3 is 2.12 bits per heavy atom. The van der Waals surface area contributed by atoms with Crippen molar-refractivity contribution in [2.75, 3.05) is 6.61 Å². The number of hydrogen-bond acceptors (Lipinski definition) is 2. The molecule has 0 aromatic heterocycles. The third kappa shape index (κ3) is 5.53. The maximum absolute atomic E-state index is 9.13. The van der Waals surface area contributed by atoms with Gasteiger partial charge in [0.1, 0.15) is 0 Å². The van der Waals surface area contributed by atoms with Crippen molar-refractivity contribution in [2.24, 2.45) is 0 Å². The molecular weight excluding hydrogens is 234 g/mol. The summed E-state index contributed by atoms with van der Waals surface area (Å²) in [4.78, 5) is 0. The van der Waals surface area contributed by atoms with Crippen molar-refractivity contribution in [3.8, 4) is 0 Å². The van der Waals surface area contributed by atoms with E-state index in [2.05, 4.69) is 43.4 Å². The molecule has 0 radical (unpaired) electrons.